The lowest BCUT2D eigenvalue weighted by atomic mass is 10.0. The highest BCUT2D eigenvalue weighted by molar-refractivity contribution is 5.81. The van der Waals surface area contributed by atoms with Crippen molar-refractivity contribution < 1.29 is 9.53 Å². The molecular formula is C13H24N2O2. The third-order valence-corrected chi connectivity index (χ3v) is 3.95. The van der Waals surface area contributed by atoms with Gasteiger partial charge >= 0.3 is 0 Å². The molecule has 17 heavy (non-hydrogen) atoms. The van der Waals surface area contributed by atoms with E-state index in [4.69, 9.17) is 4.74 Å². The largest absolute Gasteiger partial charge is 0.378 e. The minimum absolute atomic E-state index is 0.0233. The molecule has 4 nitrogen and oxygen atoms in total. The van der Waals surface area contributed by atoms with E-state index in [1.54, 1.807) is 0 Å². The molecule has 3 atom stereocenters. The maximum atomic E-state index is 12.0. The van der Waals surface area contributed by atoms with Gasteiger partial charge in [-0.1, -0.05) is 12.8 Å². The van der Waals surface area contributed by atoms with E-state index in [0.29, 0.717) is 5.92 Å². The summed E-state index contributed by atoms with van der Waals surface area (Å²) in [6.45, 7) is 4.66. The van der Waals surface area contributed by atoms with E-state index in [-0.39, 0.29) is 18.1 Å². The number of hydrogen-bond acceptors (Lipinski definition) is 3. The van der Waals surface area contributed by atoms with Gasteiger partial charge in [0.1, 0.15) is 0 Å². The van der Waals surface area contributed by atoms with Crippen molar-refractivity contribution in [1.82, 2.24) is 10.6 Å². The number of hydrogen-bond donors (Lipinski definition) is 2. The normalized spacial score (nSPS) is 34.3. The molecule has 0 spiro atoms. The number of rotatable bonds is 3. The quantitative estimate of drug-likeness (QED) is 0.775. The van der Waals surface area contributed by atoms with Crippen LogP contribution in [0, 0.1) is 5.92 Å². The van der Waals surface area contributed by atoms with Crippen molar-refractivity contribution in [2.45, 2.75) is 51.2 Å². The smallest absolute Gasteiger partial charge is 0.237 e. The van der Waals surface area contributed by atoms with Crippen molar-refractivity contribution in [3.63, 3.8) is 0 Å². The molecule has 2 fully saturated rings. The van der Waals surface area contributed by atoms with E-state index in [0.717, 1.165) is 39.0 Å². The van der Waals surface area contributed by atoms with Gasteiger partial charge < -0.3 is 15.4 Å². The van der Waals surface area contributed by atoms with E-state index in [1.807, 2.05) is 0 Å². The van der Waals surface area contributed by atoms with Gasteiger partial charge in [-0.25, -0.2) is 0 Å². The van der Waals surface area contributed by atoms with E-state index in [1.165, 1.54) is 12.8 Å². The Kier molecular flexibility index (Phi) is 4.80. The molecule has 4 heteroatoms. The van der Waals surface area contributed by atoms with Crippen molar-refractivity contribution in [2.24, 2.45) is 5.92 Å². The Morgan fingerprint density at radius 1 is 1.35 bits per heavy atom. The van der Waals surface area contributed by atoms with Gasteiger partial charge in [-0.05, 0) is 32.7 Å². The predicted octanol–water partition coefficient (Wildman–Crippen LogP) is 1.06. The minimum Gasteiger partial charge on any atom is -0.378 e. The van der Waals surface area contributed by atoms with E-state index in [2.05, 4.69) is 17.6 Å². The second-order valence-electron chi connectivity index (χ2n) is 5.23. The Labute approximate surface area is 103 Å². The molecule has 0 aliphatic carbocycles. The van der Waals surface area contributed by atoms with Crippen LogP contribution in [0.15, 0.2) is 0 Å². The molecule has 0 aromatic heterocycles. The zero-order valence-electron chi connectivity index (χ0n) is 10.7. The van der Waals surface area contributed by atoms with E-state index >= 15 is 0 Å². The van der Waals surface area contributed by atoms with Gasteiger partial charge in [-0.3, -0.25) is 4.79 Å². The summed E-state index contributed by atoms with van der Waals surface area (Å²) in [5.74, 6) is 0.663. The van der Waals surface area contributed by atoms with Gasteiger partial charge in [-0.15, -0.1) is 0 Å². The first-order chi connectivity index (χ1) is 8.27. The molecule has 0 aromatic rings. The predicted molar refractivity (Wildman–Crippen MR) is 66.8 cm³/mol. The standard InChI is InChI=1S/C13H24N2O2/c1-10-11(6-8-17-10)9-15-13(16)12-5-3-2-4-7-14-12/h10-12,14H,2-9H2,1H3,(H,15,16). The molecule has 0 radical (unpaired) electrons. The molecule has 1 amide bonds. The van der Waals surface area contributed by atoms with Crippen LogP contribution in [0.1, 0.15) is 39.0 Å². The molecule has 0 saturated carbocycles. The Morgan fingerprint density at radius 3 is 3.00 bits per heavy atom. The number of amides is 1. The third kappa shape index (κ3) is 3.68. The van der Waals surface area contributed by atoms with Crippen molar-refractivity contribution in [3.05, 3.63) is 0 Å². The first-order valence-electron chi connectivity index (χ1n) is 6.90. The van der Waals surface area contributed by atoms with Crippen molar-refractivity contribution in [3.8, 4) is 0 Å². The Hall–Kier alpha value is -0.610. The zero-order valence-corrected chi connectivity index (χ0v) is 10.7. The van der Waals surface area contributed by atoms with Crippen LogP contribution in [-0.2, 0) is 9.53 Å². The van der Waals surface area contributed by atoms with Gasteiger partial charge in [0.2, 0.25) is 5.91 Å². The van der Waals surface area contributed by atoms with Crippen molar-refractivity contribution in [2.75, 3.05) is 19.7 Å². The Balaban J connectivity index is 1.72. The number of carbonyl (C=O) groups excluding carboxylic acids is 1. The molecule has 2 N–H and O–H groups in total. The summed E-state index contributed by atoms with van der Waals surface area (Å²) in [5.41, 5.74) is 0. The highest BCUT2D eigenvalue weighted by atomic mass is 16.5. The zero-order chi connectivity index (χ0) is 12.1. The van der Waals surface area contributed by atoms with E-state index in [9.17, 15) is 4.79 Å². The second kappa shape index (κ2) is 6.36. The molecule has 2 aliphatic rings. The van der Waals surface area contributed by atoms with Crippen LogP contribution in [0.3, 0.4) is 0 Å². The van der Waals surface area contributed by atoms with Crippen LogP contribution in [-0.4, -0.2) is 37.7 Å². The molecule has 2 saturated heterocycles. The first kappa shape index (κ1) is 12.8. The lowest BCUT2D eigenvalue weighted by Crippen LogP contribution is -2.45. The van der Waals surface area contributed by atoms with Gasteiger partial charge in [0.05, 0.1) is 12.1 Å². The molecule has 2 aliphatic heterocycles. The van der Waals surface area contributed by atoms with Crippen LogP contribution in [0.2, 0.25) is 0 Å². The maximum Gasteiger partial charge on any atom is 0.237 e. The molecule has 0 bridgehead atoms. The summed E-state index contributed by atoms with van der Waals surface area (Å²) in [4.78, 5) is 12.0. The fourth-order valence-corrected chi connectivity index (χ4v) is 2.65. The summed E-state index contributed by atoms with van der Waals surface area (Å²) < 4.78 is 5.50. The molecule has 98 valence electrons. The highest BCUT2D eigenvalue weighted by Gasteiger charge is 2.26. The minimum atomic E-state index is 0.0233. The molecule has 3 unspecified atom stereocenters. The average Bonchev–Trinajstić information content (AvgIpc) is 2.58. The van der Waals surface area contributed by atoms with Crippen LogP contribution in [0.5, 0.6) is 0 Å². The first-order valence-corrected chi connectivity index (χ1v) is 6.90. The van der Waals surface area contributed by atoms with Gasteiger partial charge in [-0.2, -0.15) is 0 Å². The number of carbonyl (C=O) groups is 1. The molecule has 0 aromatic carbocycles. The summed E-state index contributed by atoms with van der Waals surface area (Å²) in [5, 5.41) is 6.40. The lowest BCUT2D eigenvalue weighted by Gasteiger charge is -2.19. The third-order valence-electron chi connectivity index (χ3n) is 3.95. The topological polar surface area (TPSA) is 50.4 Å². The fourth-order valence-electron chi connectivity index (χ4n) is 2.65. The Bertz CT molecular complexity index is 250. The SMILES string of the molecule is CC1OCCC1CNC(=O)C1CCCCCN1. The summed E-state index contributed by atoms with van der Waals surface area (Å²) >= 11 is 0. The van der Waals surface area contributed by atoms with Crippen LogP contribution < -0.4 is 10.6 Å². The summed E-state index contributed by atoms with van der Waals surface area (Å²) in [7, 11) is 0. The molecule has 2 heterocycles. The lowest BCUT2D eigenvalue weighted by molar-refractivity contribution is -0.123. The summed E-state index contributed by atoms with van der Waals surface area (Å²) in [6, 6.07) is 0.0233. The average molecular weight is 240 g/mol. The van der Waals surface area contributed by atoms with Crippen LogP contribution >= 0.6 is 0 Å². The molecule has 2 rings (SSSR count). The monoisotopic (exact) mass is 240 g/mol. The highest BCUT2D eigenvalue weighted by Crippen LogP contribution is 2.19. The van der Waals surface area contributed by atoms with Crippen LogP contribution in [0.25, 0.3) is 0 Å². The Morgan fingerprint density at radius 2 is 2.24 bits per heavy atom. The van der Waals surface area contributed by atoms with Gasteiger partial charge in [0.15, 0.2) is 0 Å². The van der Waals surface area contributed by atoms with Crippen LogP contribution in [0.4, 0.5) is 0 Å². The van der Waals surface area contributed by atoms with Crippen molar-refractivity contribution in [1.29, 1.82) is 0 Å². The van der Waals surface area contributed by atoms with Crippen molar-refractivity contribution >= 4 is 5.91 Å². The van der Waals surface area contributed by atoms with E-state index < -0.39 is 0 Å². The molecular weight excluding hydrogens is 216 g/mol. The second-order valence-corrected chi connectivity index (χ2v) is 5.23. The van der Waals surface area contributed by atoms with Gasteiger partial charge in [0, 0.05) is 19.1 Å². The number of nitrogens with one attached hydrogen (secondary N) is 2. The summed E-state index contributed by atoms with van der Waals surface area (Å²) in [6.07, 6.45) is 5.93. The maximum absolute atomic E-state index is 12.0. The number of ether oxygens (including phenoxy) is 1. The fraction of sp³-hybridized carbons (Fsp3) is 0.923. The van der Waals surface area contributed by atoms with Gasteiger partial charge in [0.25, 0.3) is 0 Å².